The van der Waals surface area contributed by atoms with E-state index in [1.807, 2.05) is 0 Å². The van der Waals surface area contributed by atoms with E-state index < -0.39 is 0 Å². The maximum atomic E-state index is 10.6. The van der Waals surface area contributed by atoms with Gasteiger partial charge in [0.25, 0.3) is 5.69 Å². The predicted molar refractivity (Wildman–Crippen MR) is 84.2 cm³/mol. The molecule has 2 aromatic carbocycles. The Morgan fingerprint density at radius 1 is 1.05 bits per heavy atom. The van der Waals surface area contributed by atoms with E-state index >= 15 is 0 Å². The minimum absolute atomic E-state index is 0.126. The molecule has 1 atom stereocenters. The second kappa shape index (κ2) is 6.99. The minimum Gasteiger partial charge on any atom is -0.306 e. The summed E-state index contributed by atoms with van der Waals surface area (Å²) in [5.41, 5.74) is 3.75. The highest BCUT2D eigenvalue weighted by molar-refractivity contribution is 5.34. The highest BCUT2D eigenvalue weighted by Gasteiger charge is 2.08. The van der Waals surface area contributed by atoms with Crippen LogP contribution in [0.25, 0.3) is 0 Å². The van der Waals surface area contributed by atoms with Gasteiger partial charge in [0.15, 0.2) is 0 Å². The molecule has 0 aliphatic heterocycles. The molecule has 2 rings (SSSR count). The Labute approximate surface area is 125 Å². The number of nitrogens with one attached hydrogen (secondary N) is 1. The molecule has 0 aromatic heterocycles. The molecule has 2 aromatic rings. The van der Waals surface area contributed by atoms with Crippen LogP contribution in [0.5, 0.6) is 0 Å². The van der Waals surface area contributed by atoms with Gasteiger partial charge in [0.05, 0.1) is 4.92 Å². The lowest BCUT2D eigenvalue weighted by Gasteiger charge is -2.14. The standard InChI is InChI=1S/C17H20N2O2/c1-3-14-4-6-15(7-5-14)12-18-13(2)16-8-10-17(11-9-16)19(20)21/h4-11,13,18H,3,12H2,1-2H3. The van der Waals surface area contributed by atoms with E-state index in [9.17, 15) is 10.1 Å². The number of hydrogen-bond donors (Lipinski definition) is 1. The van der Waals surface area contributed by atoms with Gasteiger partial charge >= 0.3 is 0 Å². The van der Waals surface area contributed by atoms with Gasteiger partial charge in [0, 0.05) is 24.7 Å². The normalized spacial score (nSPS) is 12.1. The first-order valence-electron chi connectivity index (χ1n) is 7.15. The number of rotatable bonds is 6. The van der Waals surface area contributed by atoms with Crippen molar-refractivity contribution >= 4 is 5.69 Å². The van der Waals surface area contributed by atoms with Crippen LogP contribution in [0.1, 0.15) is 36.6 Å². The van der Waals surface area contributed by atoms with E-state index in [4.69, 9.17) is 0 Å². The molecule has 0 fully saturated rings. The van der Waals surface area contributed by atoms with Crippen molar-refractivity contribution in [2.75, 3.05) is 0 Å². The molecule has 0 heterocycles. The number of nitro groups is 1. The highest BCUT2D eigenvalue weighted by atomic mass is 16.6. The Bertz CT molecular complexity index is 591. The maximum Gasteiger partial charge on any atom is 0.269 e. The van der Waals surface area contributed by atoms with Crippen molar-refractivity contribution < 1.29 is 4.92 Å². The quantitative estimate of drug-likeness (QED) is 0.644. The molecule has 1 unspecified atom stereocenters. The second-order valence-corrected chi connectivity index (χ2v) is 5.12. The largest absolute Gasteiger partial charge is 0.306 e. The van der Waals surface area contributed by atoms with E-state index in [2.05, 4.69) is 43.4 Å². The average Bonchev–Trinajstić information content (AvgIpc) is 2.53. The van der Waals surface area contributed by atoms with Crippen molar-refractivity contribution in [3.63, 3.8) is 0 Å². The lowest BCUT2D eigenvalue weighted by molar-refractivity contribution is -0.384. The smallest absolute Gasteiger partial charge is 0.269 e. The summed E-state index contributed by atoms with van der Waals surface area (Å²) in [4.78, 5) is 10.3. The van der Waals surface area contributed by atoms with E-state index in [0.29, 0.717) is 0 Å². The fraction of sp³-hybridized carbons (Fsp3) is 0.294. The number of benzene rings is 2. The molecule has 0 bridgehead atoms. The van der Waals surface area contributed by atoms with Crippen molar-refractivity contribution in [3.05, 3.63) is 75.3 Å². The van der Waals surface area contributed by atoms with Crippen LogP contribution < -0.4 is 5.32 Å². The molecular weight excluding hydrogens is 264 g/mol. The summed E-state index contributed by atoms with van der Waals surface area (Å²) in [7, 11) is 0. The van der Waals surface area contributed by atoms with Gasteiger partial charge in [-0.1, -0.05) is 43.3 Å². The Kier molecular flexibility index (Phi) is 5.06. The molecule has 0 spiro atoms. The summed E-state index contributed by atoms with van der Waals surface area (Å²) in [5, 5.41) is 14.1. The molecule has 4 nitrogen and oxygen atoms in total. The van der Waals surface area contributed by atoms with Crippen LogP contribution in [-0.2, 0) is 13.0 Å². The molecule has 0 amide bonds. The van der Waals surface area contributed by atoms with Gasteiger partial charge in [-0.25, -0.2) is 0 Å². The van der Waals surface area contributed by atoms with Gasteiger partial charge in [-0.15, -0.1) is 0 Å². The van der Waals surface area contributed by atoms with Gasteiger partial charge < -0.3 is 5.32 Å². The van der Waals surface area contributed by atoms with Crippen molar-refractivity contribution in [1.29, 1.82) is 0 Å². The van der Waals surface area contributed by atoms with Gasteiger partial charge in [0.2, 0.25) is 0 Å². The predicted octanol–water partition coefficient (Wildman–Crippen LogP) is 4.01. The summed E-state index contributed by atoms with van der Waals surface area (Å²) >= 11 is 0. The third-order valence-electron chi connectivity index (χ3n) is 3.65. The molecule has 21 heavy (non-hydrogen) atoms. The molecule has 0 aliphatic rings. The lowest BCUT2D eigenvalue weighted by atomic mass is 10.1. The van der Waals surface area contributed by atoms with Crippen LogP contribution >= 0.6 is 0 Å². The Hall–Kier alpha value is -2.20. The maximum absolute atomic E-state index is 10.6. The first-order valence-corrected chi connectivity index (χ1v) is 7.15. The monoisotopic (exact) mass is 284 g/mol. The number of hydrogen-bond acceptors (Lipinski definition) is 3. The van der Waals surface area contributed by atoms with Crippen LogP contribution in [0.15, 0.2) is 48.5 Å². The minimum atomic E-state index is -0.378. The first kappa shape index (κ1) is 15.2. The van der Waals surface area contributed by atoms with Gasteiger partial charge in [-0.2, -0.15) is 0 Å². The molecule has 110 valence electrons. The third kappa shape index (κ3) is 4.13. The highest BCUT2D eigenvalue weighted by Crippen LogP contribution is 2.18. The Balaban J connectivity index is 1.94. The zero-order chi connectivity index (χ0) is 15.2. The average molecular weight is 284 g/mol. The zero-order valence-corrected chi connectivity index (χ0v) is 12.4. The number of non-ortho nitro benzene ring substituents is 1. The molecular formula is C17H20N2O2. The second-order valence-electron chi connectivity index (χ2n) is 5.12. The summed E-state index contributed by atoms with van der Waals surface area (Å²) in [6.07, 6.45) is 1.05. The van der Waals surface area contributed by atoms with Gasteiger partial charge in [-0.05, 0) is 30.0 Å². The summed E-state index contributed by atoms with van der Waals surface area (Å²) < 4.78 is 0. The summed E-state index contributed by atoms with van der Waals surface area (Å²) in [5.74, 6) is 0. The first-order chi connectivity index (χ1) is 10.1. The molecule has 0 saturated heterocycles. The number of nitrogens with zero attached hydrogens (tertiary/aromatic N) is 1. The van der Waals surface area contributed by atoms with E-state index in [-0.39, 0.29) is 16.7 Å². The van der Waals surface area contributed by atoms with E-state index in [1.54, 1.807) is 24.3 Å². The van der Waals surface area contributed by atoms with Crippen LogP contribution in [-0.4, -0.2) is 4.92 Å². The van der Waals surface area contributed by atoms with Crippen molar-refractivity contribution in [3.8, 4) is 0 Å². The molecule has 0 aliphatic carbocycles. The van der Waals surface area contributed by atoms with Crippen molar-refractivity contribution in [2.24, 2.45) is 0 Å². The third-order valence-corrected chi connectivity index (χ3v) is 3.65. The van der Waals surface area contributed by atoms with Crippen LogP contribution in [0.2, 0.25) is 0 Å². The Morgan fingerprint density at radius 2 is 1.62 bits per heavy atom. The topological polar surface area (TPSA) is 55.2 Å². The van der Waals surface area contributed by atoms with Crippen molar-refractivity contribution in [2.45, 2.75) is 32.9 Å². The van der Waals surface area contributed by atoms with Crippen molar-refractivity contribution in [1.82, 2.24) is 5.32 Å². The molecule has 4 heteroatoms. The van der Waals surface area contributed by atoms with Gasteiger partial charge in [0.1, 0.15) is 0 Å². The Morgan fingerprint density at radius 3 is 2.14 bits per heavy atom. The van der Waals surface area contributed by atoms with Gasteiger partial charge in [-0.3, -0.25) is 10.1 Å². The molecule has 0 saturated carbocycles. The zero-order valence-electron chi connectivity index (χ0n) is 12.4. The van der Waals surface area contributed by atoms with Crippen LogP contribution in [0.3, 0.4) is 0 Å². The van der Waals surface area contributed by atoms with E-state index in [0.717, 1.165) is 18.5 Å². The number of nitro benzene ring substituents is 1. The lowest BCUT2D eigenvalue weighted by Crippen LogP contribution is -2.18. The fourth-order valence-corrected chi connectivity index (χ4v) is 2.17. The number of aryl methyl sites for hydroxylation is 1. The SMILES string of the molecule is CCc1ccc(CNC(C)c2ccc([N+](=O)[O-])cc2)cc1. The van der Waals surface area contributed by atoms with Crippen LogP contribution in [0, 0.1) is 10.1 Å². The molecule has 1 N–H and O–H groups in total. The van der Waals surface area contributed by atoms with E-state index in [1.165, 1.54) is 11.1 Å². The summed E-state index contributed by atoms with van der Waals surface area (Å²) in [6.45, 7) is 4.98. The summed E-state index contributed by atoms with van der Waals surface area (Å²) in [6, 6.07) is 15.4. The fourth-order valence-electron chi connectivity index (χ4n) is 2.17. The van der Waals surface area contributed by atoms with Crippen LogP contribution in [0.4, 0.5) is 5.69 Å². The molecule has 0 radical (unpaired) electrons.